The molecule has 4 rings (SSSR count). The van der Waals surface area contributed by atoms with E-state index in [1.54, 1.807) is 17.8 Å². The number of nitrogens with zero attached hydrogens (tertiary/aromatic N) is 2. The molecule has 1 fully saturated rings. The molecular weight excluding hydrogens is 395 g/mol. The molecular formula is C21H21FN2O2S2. The number of halogens is 1. The Labute approximate surface area is 171 Å². The van der Waals surface area contributed by atoms with E-state index >= 15 is 0 Å². The van der Waals surface area contributed by atoms with Gasteiger partial charge in [-0.1, -0.05) is 24.3 Å². The molecule has 28 heavy (non-hydrogen) atoms. The van der Waals surface area contributed by atoms with Gasteiger partial charge in [0.05, 0.1) is 4.70 Å². The van der Waals surface area contributed by atoms with Gasteiger partial charge in [0.2, 0.25) is 0 Å². The summed E-state index contributed by atoms with van der Waals surface area (Å²) in [7, 11) is 0. The quantitative estimate of drug-likeness (QED) is 0.534. The Bertz CT molecular complexity index is 966. The number of rotatable bonds is 5. The lowest BCUT2D eigenvalue weighted by molar-refractivity contribution is 0.0595. The summed E-state index contributed by atoms with van der Waals surface area (Å²) >= 11 is 3.12. The van der Waals surface area contributed by atoms with Crippen molar-refractivity contribution >= 4 is 39.2 Å². The first kappa shape index (κ1) is 19.2. The second kappa shape index (κ2) is 8.49. The lowest BCUT2D eigenvalue weighted by atomic mass is 10.1. The van der Waals surface area contributed by atoms with Crippen LogP contribution in [-0.2, 0) is 0 Å². The molecule has 0 bridgehead atoms. The number of likely N-dealkylation sites (tertiary alicyclic amines) is 1. The summed E-state index contributed by atoms with van der Waals surface area (Å²) in [6.07, 6.45) is 1.48. The largest absolute Gasteiger partial charge is 0.467 e. The number of ether oxygens (including phenoxy) is 1. The van der Waals surface area contributed by atoms with Gasteiger partial charge in [-0.15, -0.1) is 11.8 Å². The van der Waals surface area contributed by atoms with Gasteiger partial charge in [-0.3, -0.25) is 4.79 Å². The zero-order valence-corrected chi connectivity index (χ0v) is 17.2. The molecule has 4 nitrogen and oxygen atoms in total. The van der Waals surface area contributed by atoms with Gasteiger partial charge in [0, 0.05) is 36.4 Å². The summed E-state index contributed by atoms with van der Waals surface area (Å²) < 4.78 is 20.5. The van der Waals surface area contributed by atoms with Crippen molar-refractivity contribution < 1.29 is 13.9 Å². The maximum Gasteiger partial charge on any atom is 0.274 e. The highest BCUT2D eigenvalue weighted by Crippen LogP contribution is 2.31. The predicted octanol–water partition coefficient (Wildman–Crippen LogP) is 5.23. The van der Waals surface area contributed by atoms with Crippen LogP contribution in [0.3, 0.4) is 0 Å². The molecule has 2 heterocycles. The molecule has 1 saturated heterocycles. The number of carbonyl (C=O) groups is 1. The number of piperidine rings is 1. The Balaban J connectivity index is 1.34. The first-order valence-electron chi connectivity index (χ1n) is 9.38. The molecule has 0 atom stereocenters. The zero-order chi connectivity index (χ0) is 19.5. The normalized spacial score (nSPS) is 15.1. The number of thioether (sulfide) groups is 1. The van der Waals surface area contributed by atoms with Crippen LogP contribution >= 0.6 is 23.1 Å². The Kier molecular flexibility index (Phi) is 5.82. The predicted molar refractivity (Wildman–Crippen MR) is 112 cm³/mol. The van der Waals surface area contributed by atoms with Gasteiger partial charge in [-0.25, -0.2) is 4.39 Å². The van der Waals surface area contributed by atoms with E-state index in [9.17, 15) is 9.18 Å². The van der Waals surface area contributed by atoms with Gasteiger partial charge in [0.15, 0.2) is 0 Å². The van der Waals surface area contributed by atoms with Crippen molar-refractivity contribution in [3.05, 3.63) is 53.8 Å². The SMILES string of the molecule is CCSc1ccc(C(=O)N2CCC(Oc3nc4c(F)cccc4s3)CC2)cc1. The molecule has 1 amide bonds. The molecule has 3 aromatic rings. The fourth-order valence-corrected chi connectivity index (χ4v) is 4.86. The highest BCUT2D eigenvalue weighted by Gasteiger charge is 2.25. The molecule has 0 radical (unpaired) electrons. The average molecular weight is 417 g/mol. The smallest absolute Gasteiger partial charge is 0.274 e. The van der Waals surface area contributed by atoms with Crippen LogP contribution in [0.1, 0.15) is 30.1 Å². The van der Waals surface area contributed by atoms with Crippen molar-refractivity contribution in [2.75, 3.05) is 18.8 Å². The van der Waals surface area contributed by atoms with Crippen LogP contribution in [0.2, 0.25) is 0 Å². The number of hydrogen-bond donors (Lipinski definition) is 0. The Morgan fingerprint density at radius 1 is 1.25 bits per heavy atom. The summed E-state index contributed by atoms with van der Waals surface area (Å²) in [5, 5.41) is 0.494. The van der Waals surface area contributed by atoms with Crippen molar-refractivity contribution in [3.8, 4) is 5.19 Å². The third-order valence-electron chi connectivity index (χ3n) is 4.76. The third-order valence-corrected chi connectivity index (χ3v) is 6.56. The molecule has 0 spiro atoms. The second-order valence-electron chi connectivity index (χ2n) is 6.63. The molecule has 0 saturated carbocycles. The molecule has 0 unspecified atom stereocenters. The second-order valence-corrected chi connectivity index (χ2v) is 8.96. The summed E-state index contributed by atoms with van der Waals surface area (Å²) in [5.74, 6) is 0.753. The number of para-hydroxylation sites is 1. The van der Waals surface area contributed by atoms with Gasteiger partial charge in [0.25, 0.3) is 11.1 Å². The molecule has 1 aliphatic heterocycles. The first-order valence-corrected chi connectivity index (χ1v) is 11.2. The van der Waals surface area contributed by atoms with Crippen molar-refractivity contribution in [2.45, 2.75) is 30.8 Å². The lowest BCUT2D eigenvalue weighted by Crippen LogP contribution is -2.41. The number of benzene rings is 2. The van der Waals surface area contributed by atoms with E-state index in [-0.39, 0.29) is 17.8 Å². The summed E-state index contributed by atoms with van der Waals surface area (Å²) in [5.41, 5.74) is 1.08. The van der Waals surface area contributed by atoms with E-state index in [4.69, 9.17) is 4.74 Å². The minimum absolute atomic E-state index is 0.00370. The van der Waals surface area contributed by atoms with Crippen LogP contribution in [0.25, 0.3) is 10.2 Å². The fraction of sp³-hybridized carbons (Fsp3) is 0.333. The zero-order valence-electron chi connectivity index (χ0n) is 15.6. The monoisotopic (exact) mass is 416 g/mol. The van der Waals surface area contributed by atoms with Gasteiger partial charge < -0.3 is 9.64 Å². The van der Waals surface area contributed by atoms with Crippen LogP contribution in [-0.4, -0.2) is 40.7 Å². The van der Waals surface area contributed by atoms with Gasteiger partial charge in [0.1, 0.15) is 17.4 Å². The van der Waals surface area contributed by atoms with Crippen molar-refractivity contribution in [1.82, 2.24) is 9.88 Å². The minimum atomic E-state index is -0.327. The minimum Gasteiger partial charge on any atom is -0.467 e. The van der Waals surface area contributed by atoms with E-state index in [0.29, 0.717) is 23.8 Å². The molecule has 0 aliphatic carbocycles. The van der Waals surface area contributed by atoms with Crippen LogP contribution in [0.4, 0.5) is 4.39 Å². The lowest BCUT2D eigenvalue weighted by Gasteiger charge is -2.31. The maximum absolute atomic E-state index is 13.8. The number of aromatic nitrogens is 1. The van der Waals surface area contributed by atoms with E-state index < -0.39 is 0 Å². The standard InChI is InChI=1S/C21H21FN2O2S2/c1-2-27-16-8-6-14(7-9-16)20(25)24-12-10-15(11-13-24)26-21-23-19-17(22)4-3-5-18(19)28-21/h3-9,15H,2,10-13H2,1H3. The Morgan fingerprint density at radius 3 is 2.68 bits per heavy atom. The van der Waals surface area contributed by atoms with Gasteiger partial charge in [-0.2, -0.15) is 4.98 Å². The average Bonchev–Trinajstić information content (AvgIpc) is 3.13. The summed E-state index contributed by atoms with van der Waals surface area (Å²) in [4.78, 5) is 20.0. The van der Waals surface area contributed by atoms with Crippen LogP contribution in [0.15, 0.2) is 47.4 Å². The summed E-state index contributed by atoms with van der Waals surface area (Å²) in [6.45, 7) is 3.41. The number of hydrogen-bond acceptors (Lipinski definition) is 5. The Morgan fingerprint density at radius 2 is 2.00 bits per heavy atom. The molecule has 1 aromatic heterocycles. The highest BCUT2D eigenvalue weighted by atomic mass is 32.2. The number of carbonyl (C=O) groups excluding carboxylic acids is 1. The van der Waals surface area contributed by atoms with Crippen LogP contribution < -0.4 is 4.74 Å². The maximum atomic E-state index is 13.8. The van der Waals surface area contributed by atoms with Crippen molar-refractivity contribution in [2.24, 2.45) is 0 Å². The number of fused-ring (bicyclic) bond motifs is 1. The third kappa shape index (κ3) is 4.15. The van der Waals surface area contributed by atoms with Crippen molar-refractivity contribution in [3.63, 3.8) is 0 Å². The molecule has 146 valence electrons. The van der Waals surface area contributed by atoms with E-state index in [2.05, 4.69) is 11.9 Å². The molecule has 2 aromatic carbocycles. The van der Waals surface area contributed by atoms with E-state index in [0.717, 1.165) is 28.9 Å². The first-order chi connectivity index (χ1) is 13.6. The van der Waals surface area contributed by atoms with E-state index in [1.807, 2.05) is 35.2 Å². The molecule has 1 aliphatic rings. The van der Waals surface area contributed by atoms with Gasteiger partial charge >= 0.3 is 0 Å². The molecule has 0 N–H and O–H groups in total. The van der Waals surface area contributed by atoms with Gasteiger partial charge in [-0.05, 0) is 42.2 Å². The summed E-state index contributed by atoms with van der Waals surface area (Å²) in [6, 6.07) is 12.7. The number of thiazole rings is 1. The fourth-order valence-electron chi connectivity index (χ4n) is 3.31. The Hall–Kier alpha value is -2.12. The van der Waals surface area contributed by atoms with Crippen LogP contribution in [0, 0.1) is 5.82 Å². The highest BCUT2D eigenvalue weighted by molar-refractivity contribution is 7.99. The van der Waals surface area contributed by atoms with Crippen molar-refractivity contribution in [1.29, 1.82) is 0 Å². The van der Waals surface area contributed by atoms with E-state index in [1.165, 1.54) is 22.3 Å². The topological polar surface area (TPSA) is 42.4 Å². The molecule has 7 heteroatoms. The number of amides is 1. The van der Waals surface area contributed by atoms with Crippen LogP contribution in [0.5, 0.6) is 5.19 Å².